The van der Waals surface area contributed by atoms with Crippen LogP contribution >= 0.6 is 0 Å². The predicted molar refractivity (Wildman–Crippen MR) is 67.8 cm³/mol. The number of ether oxygens (including phenoxy) is 2. The molecular weight excluding hydrogens is 268 g/mol. The number of carbonyl (C=O) groups excluding carboxylic acids is 1. The second-order valence-electron chi connectivity index (χ2n) is 5.15. The first kappa shape index (κ1) is 13.1. The summed E-state index contributed by atoms with van der Waals surface area (Å²) in [7, 11) is 0. The molecule has 1 aromatic rings. The van der Waals surface area contributed by atoms with E-state index in [2.05, 4.69) is 14.8 Å². The van der Waals surface area contributed by atoms with Crippen LogP contribution in [-0.2, 0) is 4.79 Å². The Morgan fingerprint density at radius 2 is 1.85 bits per heavy atom. The van der Waals surface area contributed by atoms with Gasteiger partial charge in [-0.15, -0.1) is 8.78 Å². The van der Waals surface area contributed by atoms with Crippen LogP contribution in [0.4, 0.5) is 14.5 Å². The van der Waals surface area contributed by atoms with Crippen molar-refractivity contribution in [2.45, 2.75) is 38.4 Å². The minimum atomic E-state index is -3.63. The minimum Gasteiger partial charge on any atom is -0.395 e. The van der Waals surface area contributed by atoms with E-state index in [1.807, 2.05) is 0 Å². The molecule has 1 N–H and O–H groups in total. The topological polar surface area (TPSA) is 47.6 Å². The van der Waals surface area contributed by atoms with Gasteiger partial charge in [0.15, 0.2) is 11.5 Å². The van der Waals surface area contributed by atoms with E-state index in [0.717, 1.165) is 25.7 Å². The maximum atomic E-state index is 12.9. The van der Waals surface area contributed by atoms with Gasteiger partial charge in [-0.2, -0.15) is 0 Å². The number of halogens is 2. The van der Waals surface area contributed by atoms with Gasteiger partial charge < -0.3 is 14.8 Å². The molecule has 0 unspecified atom stereocenters. The first-order valence-corrected chi connectivity index (χ1v) is 6.74. The highest BCUT2D eigenvalue weighted by molar-refractivity contribution is 5.92. The van der Waals surface area contributed by atoms with Crippen molar-refractivity contribution in [3.63, 3.8) is 0 Å². The van der Waals surface area contributed by atoms with E-state index in [0.29, 0.717) is 5.69 Å². The Morgan fingerprint density at radius 3 is 2.60 bits per heavy atom. The standard InChI is InChI=1S/C14H15F2NO3/c15-14(16)19-11-7-6-10(8-12(11)20-14)17-13(18)9-4-2-1-3-5-9/h6-9H,1-5H2,(H,17,18). The van der Waals surface area contributed by atoms with E-state index in [9.17, 15) is 13.6 Å². The Labute approximate surface area is 115 Å². The fourth-order valence-electron chi connectivity index (χ4n) is 2.64. The first-order chi connectivity index (χ1) is 9.53. The zero-order chi connectivity index (χ0) is 14.2. The molecule has 0 spiro atoms. The molecule has 0 saturated heterocycles. The Hall–Kier alpha value is -1.85. The molecule has 20 heavy (non-hydrogen) atoms. The molecule has 0 aromatic heterocycles. The molecule has 1 aliphatic carbocycles. The van der Waals surface area contributed by atoms with Crippen molar-refractivity contribution in [3.05, 3.63) is 18.2 Å². The molecule has 1 fully saturated rings. The highest BCUT2D eigenvalue weighted by Gasteiger charge is 2.43. The van der Waals surface area contributed by atoms with Gasteiger partial charge in [0.2, 0.25) is 5.91 Å². The molecule has 1 heterocycles. The first-order valence-electron chi connectivity index (χ1n) is 6.74. The van der Waals surface area contributed by atoms with Gasteiger partial charge in [0.05, 0.1) is 0 Å². The summed E-state index contributed by atoms with van der Waals surface area (Å²) in [5, 5.41) is 2.75. The zero-order valence-corrected chi connectivity index (χ0v) is 10.8. The number of hydrogen-bond acceptors (Lipinski definition) is 3. The summed E-state index contributed by atoms with van der Waals surface area (Å²) in [5.74, 6) is -0.131. The molecule has 2 aliphatic rings. The monoisotopic (exact) mass is 283 g/mol. The van der Waals surface area contributed by atoms with Gasteiger partial charge in [0.1, 0.15) is 0 Å². The molecule has 0 bridgehead atoms. The summed E-state index contributed by atoms with van der Waals surface area (Å²) < 4.78 is 34.4. The zero-order valence-electron chi connectivity index (χ0n) is 10.8. The van der Waals surface area contributed by atoms with E-state index in [1.165, 1.54) is 24.6 Å². The lowest BCUT2D eigenvalue weighted by molar-refractivity contribution is -0.286. The average molecular weight is 283 g/mol. The van der Waals surface area contributed by atoms with Crippen LogP contribution in [0.2, 0.25) is 0 Å². The van der Waals surface area contributed by atoms with Crippen LogP contribution in [0.1, 0.15) is 32.1 Å². The number of rotatable bonds is 2. The fraction of sp³-hybridized carbons (Fsp3) is 0.500. The molecular formula is C14H15F2NO3. The fourth-order valence-corrected chi connectivity index (χ4v) is 2.64. The molecule has 108 valence electrons. The number of amides is 1. The van der Waals surface area contributed by atoms with Gasteiger partial charge >= 0.3 is 6.29 Å². The number of benzene rings is 1. The third-order valence-electron chi connectivity index (χ3n) is 3.64. The van der Waals surface area contributed by atoms with E-state index >= 15 is 0 Å². The van der Waals surface area contributed by atoms with Crippen molar-refractivity contribution in [1.29, 1.82) is 0 Å². The smallest absolute Gasteiger partial charge is 0.395 e. The van der Waals surface area contributed by atoms with Crippen LogP contribution in [0.25, 0.3) is 0 Å². The highest BCUT2D eigenvalue weighted by atomic mass is 19.3. The van der Waals surface area contributed by atoms with Crippen molar-refractivity contribution < 1.29 is 23.0 Å². The molecule has 1 amide bonds. The second-order valence-corrected chi connectivity index (χ2v) is 5.15. The Kier molecular flexibility index (Phi) is 3.23. The lowest BCUT2D eigenvalue weighted by atomic mass is 9.88. The third-order valence-corrected chi connectivity index (χ3v) is 3.64. The van der Waals surface area contributed by atoms with Crippen LogP contribution < -0.4 is 14.8 Å². The molecule has 1 saturated carbocycles. The maximum Gasteiger partial charge on any atom is 0.586 e. The normalized spacial score (nSPS) is 20.7. The molecule has 4 nitrogen and oxygen atoms in total. The SMILES string of the molecule is O=C(Nc1ccc2c(c1)OC(F)(F)O2)C1CCCCC1. The second kappa shape index (κ2) is 4.92. The number of fused-ring (bicyclic) bond motifs is 1. The molecule has 0 radical (unpaired) electrons. The van der Waals surface area contributed by atoms with E-state index < -0.39 is 6.29 Å². The number of anilines is 1. The lowest BCUT2D eigenvalue weighted by Crippen LogP contribution is -2.26. The number of nitrogens with one attached hydrogen (secondary N) is 1. The highest BCUT2D eigenvalue weighted by Crippen LogP contribution is 2.42. The van der Waals surface area contributed by atoms with Gasteiger partial charge in [-0.1, -0.05) is 19.3 Å². The van der Waals surface area contributed by atoms with Crippen LogP contribution in [0.15, 0.2) is 18.2 Å². The maximum absolute atomic E-state index is 12.9. The van der Waals surface area contributed by atoms with E-state index in [4.69, 9.17) is 0 Å². The van der Waals surface area contributed by atoms with Gasteiger partial charge in [-0.3, -0.25) is 4.79 Å². The summed E-state index contributed by atoms with van der Waals surface area (Å²) >= 11 is 0. The van der Waals surface area contributed by atoms with Gasteiger partial charge in [-0.25, -0.2) is 0 Å². The number of hydrogen-bond donors (Lipinski definition) is 1. The Morgan fingerprint density at radius 1 is 1.15 bits per heavy atom. The Balaban J connectivity index is 1.68. The molecule has 1 aromatic carbocycles. The van der Waals surface area contributed by atoms with Crippen LogP contribution in [0.5, 0.6) is 11.5 Å². The third kappa shape index (κ3) is 2.69. The lowest BCUT2D eigenvalue weighted by Gasteiger charge is -2.20. The number of carbonyl (C=O) groups is 1. The molecule has 3 rings (SSSR count). The molecule has 1 aliphatic heterocycles. The van der Waals surface area contributed by atoms with Gasteiger partial charge in [-0.05, 0) is 25.0 Å². The van der Waals surface area contributed by atoms with E-state index in [-0.39, 0.29) is 23.3 Å². The van der Waals surface area contributed by atoms with Crippen molar-refractivity contribution in [2.75, 3.05) is 5.32 Å². The van der Waals surface area contributed by atoms with Crippen LogP contribution in [-0.4, -0.2) is 12.2 Å². The van der Waals surface area contributed by atoms with Crippen molar-refractivity contribution in [2.24, 2.45) is 5.92 Å². The minimum absolute atomic E-state index is 0.00983. The summed E-state index contributed by atoms with van der Waals surface area (Å²) in [4.78, 5) is 12.1. The van der Waals surface area contributed by atoms with E-state index in [1.54, 1.807) is 0 Å². The van der Waals surface area contributed by atoms with Crippen molar-refractivity contribution in [3.8, 4) is 11.5 Å². The average Bonchev–Trinajstić information content (AvgIpc) is 2.73. The summed E-state index contributed by atoms with van der Waals surface area (Å²) in [6, 6.07) is 4.26. The summed E-state index contributed by atoms with van der Waals surface area (Å²) in [5.41, 5.74) is 0.445. The quantitative estimate of drug-likeness (QED) is 0.903. The van der Waals surface area contributed by atoms with Crippen molar-refractivity contribution >= 4 is 11.6 Å². The van der Waals surface area contributed by atoms with Crippen LogP contribution in [0, 0.1) is 5.92 Å². The molecule has 0 atom stereocenters. The van der Waals surface area contributed by atoms with Gasteiger partial charge in [0, 0.05) is 17.7 Å². The number of alkyl halides is 2. The Bertz CT molecular complexity index is 527. The van der Waals surface area contributed by atoms with Crippen LogP contribution in [0.3, 0.4) is 0 Å². The van der Waals surface area contributed by atoms with Crippen molar-refractivity contribution in [1.82, 2.24) is 0 Å². The largest absolute Gasteiger partial charge is 0.586 e. The summed E-state index contributed by atoms with van der Waals surface area (Å²) in [6.45, 7) is 0. The van der Waals surface area contributed by atoms with Gasteiger partial charge in [0.25, 0.3) is 0 Å². The summed E-state index contributed by atoms with van der Waals surface area (Å²) in [6.07, 6.45) is 1.43. The molecule has 6 heteroatoms. The predicted octanol–water partition coefficient (Wildman–Crippen LogP) is 3.53.